The summed E-state index contributed by atoms with van der Waals surface area (Å²) in [5, 5.41) is 3.28. The smallest absolute Gasteiger partial charge is 0.250 e. The van der Waals surface area contributed by atoms with E-state index in [0.717, 1.165) is 43.0 Å². The minimum absolute atomic E-state index is 0.413. The van der Waals surface area contributed by atoms with Crippen LogP contribution in [0.15, 0.2) is 16.3 Å². The molecule has 4 nitrogen and oxygen atoms in total. The highest BCUT2D eigenvalue weighted by Crippen LogP contribution is 2.21. The molecule has 0 unspecified atom stereocenters. The fourth-order valence-corrected chi connectivity index (χ4v) is 4.57. The van der Waals surface area contributed by atoms with Crippen LogP contribution >= 0.6 is 23.1 Å². The SMILES string of the molecule is CCCNCc1ccc(S(=O)(=O)NCCCCSC)s1. The third-order valence-corrected chi connectivity index (χ3v) is 6.43. The summed E-state index contributed by atoms with van der Waals surface area (Å²) in [6.45, 7) is 4.32. The molecule has 0 aliphatic carbocycles. The van der Waals surface area contributed by atoms with Crippen molar-refractivity contribution in [2.75, 3.05) is 25.1 Å². The Morgan fingerprint density at radius 2 is 2.05 bits per heavy atom. The first kappa shape index (κ1) is 18.0. The van der Waals surface area contributed by atoms with E-state index in [1.807, 2.05) is 6.07 Å². The van der Waals surface area contributed by atoms with Gasteiger partial charge in [-0.1, -0.05) is 6.92 Å². The highest BCUT2D eigenvalue weighted by atomic mass is 32.2. The first-order chi connectivity index (χ1) is 9.60. The molecule has 1 aromatic heterocycles. The Hall–Kier alpha value is -0.0800. The van der Waals surface area contributed by atoms with E-state index in [-0.39, 0.29) is 0 Å². The van der Waals surface area contributed by atoms with Gasteiger partial charge in [0.1, 0.15) is 4.21 Å². The van der Waals surface area contributed by atoms with E-state index < -0.39 is 10.0 Å². The van der Waals surface area contributed by atoms with Gasteiger partial charge in [-0.2, -0.15) is 11.8 Å². The van der Waals surface area contributed by atoms with Gasteiger partial charge in [-0.25, -0.2) is 13.1 Å². The minimum atomic E-state index is -3.32. The molecule has 1 rings (SSSR count). The molecule has 116 valence electrons. The number of thioether (sulfide) groups is 1. The number of sulfonamides is 1. The number of unbranched alkanes of at least 4 members (excludes halogenated alkanes) is 1. The Labute approximate surface area is 130 Å². The van der Waals surface area contributed by atoms with Crippen molar-refractivity contribution in [1.82, 2.24) is 10.0 Å². The van der Waals surface area contributed by atoms with Crippen LogP contribution in [0.1, 0.15) is 31.1 Å². The van der Waals surface area contributed by atoms with Gasteiger partial charge in [-0.15, -0.1) is 11.3 Å². The van der Waals surface area contributed by atoms with Crippen molar-refractivity contribution in [2.24, 2.45) is 0 Å². The summed E-state index contributed by atoms with van der Waals surface area (Å²) < 4.78 is 27.2. The average Bonchev–Trinajstić information content (AvgIpc) is 2.88. The minimum Gasteiger partial charge on any atom is -0.312 e. The summed E-state index contributed by atoms with van der Waals surface area (Å²) in [6, 6.07) is 3.58. The zero-order chi connectivity index (χ0) is 14.8. The maximum Gasteiger partial charge on any atom is 0.250 e. The van der Waals surface area contributed by atoms with Gasteiger partial charge >= 0.3 is 0 Å². The van der Waals surface area contributed by atoms with Crippen molar-refractivity contribution < 1.29 is 8.42 Å². The predicted octanol–water partition coefficient (Wildman–Crippen LogP) is 2.67. The van der Waals surface area contributed by atoms with Gasteiger partial charge in [0.05, 0.1) is 0 Å². The molecule has 0 atom stereocenters. The molecule has 1 heterocycles. The van der Waals surface area contributed by atoms with Crippen molar-refractivity contribution in [3.05, 3.63) is 17.0 Å². The molecule has 0 amide bonds. The summed E-state index contributed by atoms with van der Waals surface area (Å²) in [4.78, 5) is 1.06. The van der Waals surface area contributed by atoms with E-state index in [4.69, 9.17) is 0 Å². The standard InChI is InChI=1S/C13H24N2O2S3/c1-3-8-14-11-12-6-7-13(19-12)20(16,17)15-9-4-5-10-18-2/h6-7,14-15H,3-5,8-11H2,1-2H3. The van der Waals surface area contributed by atoms with Crippen LogP contribution in [0.25, 0.3) is 0 Å². The molecule has 0 saturated carbocycles. The molecular weight excluding hydrogens is 312 g/mol. The Balaban J connectivity index is 2.42. The fourth-order valence-electron chi connectivity index (χ4n) is 1.64. The van der Waals surface area contributed by atoms with E-state index in [2.05, 4.69) is 23.2 Å². The molecule has 20 heavy (non-hydrogen) atoms. The molecule has 0 saturated heterocycles. The zero-order valence-electron chi connectivity index (χ0n) is 12.1. The quantitative estimate of drug-likeness (QED) is 0.610. The first-order valence-corrected chi connectivity index (χ1v) is 10.6. The number of thiophene rings is 1. The van der Waals surface area contributed by atoms with E-state index >= 15 is 0 Å². The lowest BCUT2D eigenvalue weighted by Gasteiger charge is -2.04. The maximum absolute atomic E-state index is 12.1. The molecule has 2 N–H and O–H groups in total. The van der Waals surface area contributed by atoms with E-state index in [9.17, 15) is 8.42 Å². The average molecular weight is 337 g/mol. The van der Waals surface area contributed by atoms with Gasteiger partial charge in [0.2, 0.25) is 10.0 Å². The summed E-state index contributed by atoms with van der Waals surface area (Å²) in [5.74, 6) is 1.08. The van der Waals surface area contributed by atoms with E-state index in [0.29, 0.717) is 10.8 Å². The second-order valence-electron chi connectivity index (χ2n) is 4.50. The highest BCUT2D eigenvalue weighted by molar-refractivity contribution is 7.98. The van der Waals surface area contributed by atoms with Crippen LogP contribution in [0.4, 0.5) is 0 Å². The lowest BCUT2D eigenvalue weighted by molar-refractivity contribution is 0.580. The van der Waals surface area contributed by atoms with Crippen molar-refractivity contribution in [3.63, 3.8) is 0 Å². The predicted molar refractivity (Wildman–Crippen MR) is 89.1 cm³/mol. The third-order valence-electron chi connectivity index (χ3n) is 2.70. The first-order valence-electron chi connectivity index (χ1n) is 6.88. The second kappa shape index (κ2) is 9.78. The Morgan fingerprint density at radius 3 is 2.75 bits per heavy atom. The Kier molecular flexibility index (Phi) is 8.79. The van der Waals surface area contributed by atoms with Crippen LogP contribution in [0, 0.1) is 0 Å². The fraction of sp³-hybridized carbons (Fsp3) is 0.692. The number of hydrogen-bond acceptors (Lipinski definition) is 5. The van der Waals surface area contributed by atoms with E-state index in [1.54, 1.807) is 17.8 Å². The van der Waals surface area contributed by atoms with Crippen LogP contribution in [-0.2, 0) is 16.6 Å². The van der Waals surface area contributed by atoms with Crippen molar-refractivity contribution in [3.8, 4) is 0 Å². The van der Waals surface area contributed by atoms with Gasteiger partial charge in [0, 0.05) is 18.0 Å². The largest absolute Gasteiger partial charge is 0.312 e. The molecule has 0 bridgehead atoms. The topological polar surface area (TPSA) is 58.2 Å². The number of rotatable bonds is 11. The van der Waals surface area contributed by atoms with Crippen molar-refractivity contribution in [2.45, 2.75) is 36.9 Å². The molecule has 7 heteroatoms. The third kappa shape index (κ3) is 6.58. The van der Waals surface area contributed by atoms with Crippen LogP contribution in [-0.4, -0.2) is 33.5 Å². The monoisotopic (exact) mass is 336 g/mol. The van der Waals surface area contributed by atoms with Crippen LogP contribution in [0.2, 0.25) is 0 Å². The lowest BCUT2D eigenvalue weighted by atomic mass is 10.3. The second-order valence-corrected chi connectivity index (χ2v) is 8.64. The molecule has 0 aromatic carbocycles. The number of hydrogen-bond donors (Lipinski definition) is 2. The van der Waals surface area contributed by atoms with Crippen molar-refractivity contribution >= 4 is 33.1 Å². The summed E-state index contributed by atoms with van der Waals surface area (Å²) in [6.07, 6.45) is 5.06. The molecule has 0 radical (unpaired) electrons. The zero-order valence-corrected chi connectivity index (χ0v) is 14.6. The highest BCUT2D eigenvalue weighted by Gasteiger charge is 2.15. The molecule has 1 aromatic rings. The van der Waals surface area contributed by atoms with Crippen molar-refractivity contribution in [1.29, 1.82) is 0 Å². The normalized spacial score (nSPS) is 11.9. The number of nitrogens with one attached hydrogen (secondary N) is 2. The molecule has 0 aliphatic rings. The van der Waals surface area contributed by atoms with Gasteiger partial charge in [0.25, 0.3) is 0 Å². The summed E-state index contributed by atoms with van der Waals surface area (Å²) in [7, 11) is -3.32. The van der Waals surface area contributed by atoms with Crippen LogP contribution in [0.3, 0.4) is 0 Å². The molecule has 0 fully saturated rings. The van der Waals surface area contributed by atoms with Gasteiger partial charge in [-0.05, 0) is 49.9 Å². The summed E-state index contributed by atoms with van der Waals surface area (Å²) in [5.41, 5.74) is 0. The Morgan fingerprint density at radius 1 is 1.25 bits per heavy atom. The maximum atomic E-state index is 12.1. The lowest BCUT2D eigenvalue weighted by Crippen LogP contribution is -2.24. The Bertz CT molecular complexity index is 472. The molecular formula is C13H24N2O2S3. The van der Waals surface area contributed by atoms with Crippen LogP contribution in [0.5, 0.6) is 0 Å². The van der Waals surface area contributed by atoms with E-state index in [1.165, 1.54) is 11.3 Å². The molecule has 0 spiro atoms. The van der Waals surface area contributed by atoms with Gasteiger partial charge in [0.15, 0.2) is 0 Å². The van der Waals surface area contributed by atoms with Gasteiger partial charge < -0.3 is 5.32 Å². The van der Waals surface area contributed by atoms with Crippen LogP contribution < -0.4 is 10.0 Å². The summed E-state index contributed by atoms with van der Waals surface area (Å²) >= 11 is 3.13. The van der Waals surface area contributed by atoms with Gasteiger partial charge in [-0.3, -0.25) is 0 Å². The molecule has 0 aliphatic heterocycles.